The summed E-state index contributed by atoms with van der Waals surface area (Å²) in [5.41, 5.74) is 3.79. The highest BCUT2D eigenvalue weighted by Crippen LogP contribution is 2.31. The van der Waals surface area contributed by atoms with Crippen LogP contribution in [0.1, 0.15) is 21.5 Å². The molecule has 0 unspecified atom stereocenters. The molecule has 2 nitrogen and oxygen atoms in total. The van der Waals surface area contributed by atoms with E-state index in [1.165, 1.54) is 0 Å². The molecule has 1 aliphatic rings. The molecule has 0 saturated heterocycles. The van der Waals surface area contributed by atoms with Gasteiger partial charge in [0, 0.05) is 22.5 Å². The van der Waals surface area contributed by atoms with Gasteiger partial charge >= 0.3 is 0 Å². The van der Waals surface area contributed by atoms with E-state index in [9.17, 15) is 4.79 Å². The zero-order valence-corrected chi connectivity index (χ0v) is 12.9. The fourth-order valence-corrected chi connectivity index (χ4v) is 3.16. The van der Waals surface area contributed by atoms with Crippen LogP contribution in [0.2, 0.25) is 0 Å². The van der Waals surface area contributed by atoms with Gasteiger partial charge in [0.2, 0.25) is 0 Å². The molecule has 3 rings (SSSR count). The summed E-state index contributed by atoms with van der Waals surface area (Å²) in [6.45, 7) is 0. The highest BCUT2D eigenvalue weighted by Gasteiger charge is 2.23. The maximum Gasteiger partial charge on any atom is 0.189 e. The molecule has 2 aromatic rings. The van der Waals surface area contributed by atoms with E-state index in [4.69, 9.17) is 4.74 Å². The van der Waals surface area contributed by atoms with E-state index in [2.05, 4.69) is 0 Å². The van der Waals surface area contributed by atoms with Crippen LogP contribution >= 0.6 is 11.8 Å². The second-order valence-corrected chi connectivity index (χ2v) is 5.80. The van der Waals surface area contributed by atoms with Gasteiger partial charge in [0.05, 0.1) is 7.11 Å². The Labute approximate surface area is 128 Å². The van der Waals surface area contributed by atoms with Crippen molar-refractivity contribution in [2.45, 2.75) is 11.3 Å². The van der Waals surface area contributed by atoms with Crippen molar-refractivity contribution in [3.8, 4) is 5.75 Å². The zero-order valence-electron chi connectivity index (χ0n) is 12.1. The fourth-order valence-electron chi connectivity index (χ4n) is 2.61. The summed E-state index contributed by atoms with van der Waals surface area (Å²) in [4.78, 5) is 13.5. The smallest absolute Gasteiger partial charge is 0.189 e. The highest BCUT2D eigenvalue weighted by atomic mass is 32.2. The molecule has 106 valence electrons. The van der Waals surface area contributed by atoms with E-state index in [1.54, 1.807) is 18.9 Å². The van der Waals surface area contributed by atoms with Crippen LogP contribution in [-0.2, 0) is 6.42 Å². The van der Waals surface area contributed by atoms with Crippen molar-refractivity contribution in [3.05, 3.63) is 64.7 Å². The Morgan fingerprint density at radius 3 is 2.71 bits per heavy atom. The summed E-state index contributed by atoms with van der Waals surface area (Å²) >= 11 is 1.65. The first-order valence-corrected chi connectivity index (χ1v) is 8.00. The van der Waals surface area contributed by atoms with Crippen LogP contribution in [0, 0.1) is 0 Å². The summed E-state index contributed by atoms with van der Waals surface area (Å²) < 4.78 is 5.40. The number of rotatable bonds is 3. The van der Waals surface area contributed by atoms with Gasteiger partial charge in [-0.15, -0.1) is 11.8 Å². The number of fused-ring (bicyclic) bond motifs is 1. The molecule has 0 aromatic heterocycles. The molecule has 3 heteroatoms. The van der Waals surface area contributed by atoms with Crippen LogP contribution in [0.3, 0.4) is 0 Å². The Hall–Kier alpha value is -2.00. The predicted molar refractivity (Wildman–Crippen MR) is 87.2 cm³/mol. The van der Waals surface area contributed by atoms with Crippen LogP contribution in [-0.4, -0.2) is 19.1 Å². The molecule has 0 atom stereocenters. The normalized spacial score (nSPS) is 15.3. The summed E-state index contributed by atoms with van der Waals surface area (Å²) in [5.74, 6) is 0.985. The van der Waals surface area contributed by atoms with Gasteiger partial charge < -0.3 is 4.74 Å². The number of thioether (sulfide) groups is 1. The monoisotopic (exact) mass is 296 g/mol. The lowest BCUT2D eigenvalue weighted by atomic mass is 10.1. The second-order valence-electron chi connectivity index (χ2n) is 4.95. The third-order valence-electron chi connectivity index (χ3n) is 3.68. The minimum Gasteiger partial charge on any atom is -0.496 e. The molecule has 0 N–H and O–H groups in total. The second kappa shape index (κ2) is 5.78. The highest BCUT2D eigenvalue weighted by molar-refractivity contribution is 7.98. The third-order valence-corrected chi connectivity index (χ3v) is 4.46. The number of hydrogen-bond donors (Lipinski definition) is 0. The first-order valence-electron chi connectivity index (χ1n) is 6.78. The van der Waals surface area contributed by atoms with Gasteiger partial charge in [-0.3, -0.25) is 4.79 Å². The Balaban J connectivity index is 1.95. The van der Waals surface area contributed by atoms with Crippen molar-refractivity contribution in [2.75, 3.05) is 13.4 Å². The maximum atomic E-state index is 12.4. The number of carbonyl (C=O) groups is 1. The zero-order chi connectivity index (χ0) is 14.8. The summed E-state index contributed by atoms with van der Waals surface area (Å²) in [5, 5.41) is 0. The Morgan fingerprint density at radius 1 is 1.19 bits per heavy atom. The minimum absolute atomic E-state index is 0.138. The summed E-state index contributed by atoms with van der Waals surface area (Å²) in [7, 11) is 1.67. The van der Waals surface area contributed by atoms with E-state index < -0.39 is 0 Å². The lowest BCUT2D eigenvalue weighted by Gasteiger charge is -2.07. The van der Waals surface area contributed by atoms with E-state index in [-0.39, 0.29) is 5.78 Å². The molecule has 0 fully saturated rings. The van der Waals surface area contributed by atoms with Crippen LogP contribution in [0.25, 0.3) is 6.08 Å². The number of Topliss-reactive ketones (excluding diaryl/α,β-unsaturated/α-hetero) is 1. The lowest BCUT2D eigenvalue weighted by Crippen LogP contribution is -1.95. The van der Waals surface area contributed by atoms with Gasteiger partial charge in [0.1, 0.15) is 5.75 Å². The van der Waals surface area contributed by atoms with E-state index in [0.29, 0.717) is 6.42 Å². The molecule has 0 spiro atoms. The molecular formula is C18H16O2S. The van der Waals surface area contributed by atoms with Crippen LogP contribution in [0.15, 0.2) is 52.9 Å². The van der Waals surface area contributed by atoms with Crippen LogP contribution < -0.4 is 4.74 Å². The fraction of sp³-hybridized carbons (Fsp3) is 0.167. The Morgan fingerprint density at radius 2 is 2.00 bits per heavy atom. The van der Waals surface area contributed by atoms with E-state index in [0.717, 1.165) is 32.9 Å². The molecule has 0 radical (unpaired) electrons. The first kappa shape index (κ1) is 14.0. The maximum absolute atomic E-state index is 12.4. The van der Waals surface area contributed by atoms with Crippen LogP contribution in [0.5, 0.6) is 5.75 Å². The van der Waals surface area contributed by atoms with Crippen molar-refractivity contribution >= 4 is 23.6 Å². The standard InChI is InChI=1S/C18H16O2S/c1-20-16-10-12(7-8-17(16)21-2)9-14-11-13-5-3-4-6-15(13)18(14)19/h3-10H,11H2,1-2H3/b14-9+. The van der Waals surface area contributed by atoms with Crippen molar-refractivity contribution in [2.24, 2.45) is 0 Å². The molecule has 0 bridgehead atoms. The topological polar surface area (TPSA) is 26.3 Å². The average molecular weight is 296 g/mol. The van der Waals surface area contributed by atoms with E-state index in [1.807, 2.05) is 54.8 Å². The van der Waals surface area contributed by atoms with Gasteiger partial charge in [-0.1, -0.05) is 30.3 Å². The van der Waals surface area contributed by atoms with Gasteiger partial charge in [0.15, 0.2) is 5.78 Å². The molecule has 21 heavy (non-hydrogen) atoms. The number of benzene rings is 2. The van der Waals surface area contributed by atoms with Gasteiger partial charge in [-0.25, -0.2) is 0 Å². The average Bonchev–Trinajstić information content (AvgIpc) is 2.84. The first-order chi connectivity index (χ1) is 10.2. The number of hydrogen-bond acceptors (Lipinski definition) is 3. The molecule has 0 amide bonds. The molecule has 0 heterocycles. The quantitative estimate of drug-likeness (QED) is 0.626. The van der Waals surface area contributed by atoms with Crippen molar-refractivity contribution < 1.29 is 9.53 Å². The van der Waals surface area contributed by atoms with Crippen molar-refractivity contribution in [1.82, 2.24) is 0 Å². The molecule has 2 aromatic carbocycles. The number of methoxy groups -OCH3 is 1. The predicted octanol–water partition coefficient (Wildman–Crippen LogP) is 4.24. The lowest BCUT2D eigenvalue weighted by molar-refractivity contribution is 0.104. The molecule has 0 aliphatic heterocycles. The number of allylic oxidation sites excluding steroid dienone is 1. The molecule has 0 saturated carbocycles. The van der Waals surface area contributed by atoms with Gasteiger partial charge in [0.25, 0.3) is 0 Å². The van der Waals surface area contributed by atoms with Crippen molar-refractivity contribution in [3.63, 3.8) is 0 Å². The SMILES string of the molecule is COc1cc(/C=C2\Cc3ccccc3C2=O)ccc1SC. The number of ketones is 1. The third kappa shape index (κ3) is 2.61. The number of carbonyl (C=O) groups excluding carboxylic acids is 1. The van der Waals surface area contributed by atoms with E-state index >= 15 is 0 Å². The Kier molecular flexibility index (Phi) is 3.84. The largest absolute Gasteiger partial charge is 0.496 e. The van der Waals surface area contributed by atoms with Crippen molar-refractivity contribution in [1.29, 1.82) is 0 Å². The minimum atomic E-state index is 0.138. The molecule has 1 aliphatic carbocycles. The molecular weight excluding hydrogens is 280 g/mol. The summed E-state index contributed by atoms with van der Waals surface area (Å²) in [6.07, 6.45) is 4.70. The van der Waals surface area contributed by atoms with Gasteiger partial charge in [-0.2, -0.15) is 0 Å². The Bertz CT molecular complexity index is 732. The van der Waals surface area contributed by atoms with Gasteiger partial charge in [-0.05, 0) is 35.6 Å². The number of ether oxygens (including phenoxy) is 1. The summed E-state index contributed by atoms with van der Waals surface area (Å²) in [6, 6.07) is 13.8. The van der Waals surface area contributed by atoms with Crippen LogP contribution in [0.4, 0.5) is 0 Å².